The summed E-state index contributed by atoms with van der Waals surface area (Å²) in [7, 11) is 0. The third-order valence-corrected chi connectivity index (χ3v) is 4.26. The van der Waals surface area contributed by atoms with E-state index in [2.05, 4.69) is 4.98 Å². The summed E-state index contributed by atoms with van der Waals surface area (Å²) in [6.07, 6.45) is 6.63. The van der Waals surface area contributed by atoms with Crippen molar-refractivity contribution < 1.29 is 8.78 Å². The fourth-order valence-electron chi connectivity index (χ4n) is 3.02. The molecule has 1 aliphatic rings. The summed E-state index contributed by atoms with van der Waals surface area (Å²) in [5, 5.41) is 0. The molecule has 0 saturated heterocycles. The number of fused-ring (bicyclic) bond motifs is 1. The molecular formula is C14H16F2N2S. The summed E-state index contributed by atoms with van der Waals surface area (Å²) in [4.78, 5) is 2.98. The highest BCUT2D eigenvalue weighted by Crippen LogP contribution is 2.32. The quantitative estimate of drug-likeness (QED) is 0.584. The molecule has 0 amide bonds. The minimum absolute atomic E-state index is 0.181. The molecule has 0 atom stereocenters. The van der Waals surface area contributed by atoms with E-state index in [9.17, 15) is 8.78 Å². The van der Waals surface area contributed by atoms with Gasteiger partial charge in [0, 0.05) is 6.04 Å². The van der Waals surface area contributed by atoms with E-state index < -0.39 is 11.6 Å². The molecule has 0 radical (unpaired) electrons. The van der Waals surface area contributed by atoms with Crippen molar-refractivity contribution in [3.8, 4) is 0 Å². The molecule has 0 spiro atoms. The molecule has 0 bridgehead atoms. The summed E-state index contributed by atoms with van der Waals surface area (Å²) < 4.78 is 29.8. The van der Waals surface area contributed by atoms with Gasteiger partial charge in [-0.3, -0.25) is 0 Å². The number of hydrogen-bond acceptors (Lipinski definition) is 1. The van der Waals surface area contributed by atoms with Crippen LogP contribution in [0.15, 0.2) is 12.1 Å². The number of nitrogens with zero attached hydrogens (tertiary/aromatic N) is 1. The van der Waals surface area contributed by atoms with Crippen LogP contribution in [0.1, 0.15) is 44.6 Å². The van der Waals surface area contributed by atoms with Gasteiger partial charge in [-0.25, -0.2) is 8.78 Å². The predicted octanol–water partition coefficient (Wildman–Crippen LogP) is 4.87. The minimum atomic E-state index is -0.816. The molecule has 102 valence electrons. The highest BCUT2D eigenvalue weighted by Gasteiger charge is 2.21. The number of aromatic amines is 1. The summed E-state index contributed by atoms with van der Waals surface area (Å²) in [5.74, 6) is -1.61. The summed E-state index contributed by atoms with van der Waals surface area (Å²) in [6.45, 7) is 0. The SMILES string of the molecule is Fc1ccc2[nH]c(=S)n(C3CCCCCC3)c2c1F. The van der Waals surface area contributed by atoms with Gasteiger partial charge >= 0.3 is 0 Å². The second-order valence-corrected chi connectivity index (χ2v) is 5.59. The molecule has 1 N–H and O–H groups in total. The monoisotopic (exact) mass is 282 g/mol. The van der Waals surface area contributed by atoms with Crippen molar-refractivity contribution in [2.24, 2.45) is 0 Å². The van der Waals surface area contributed by atoms with Crippen LogP contribution in [0.3, 0.4) is 0 Å². The van der Waals surface area contributed by atoms with Crippen LogP contribution in [0.2, 0.25) is 0 Å². The second-order valence-electron chi connectivity index (χ2n) is 5.20. The standard InChI is InChI=1S/C14H16F2N2S/c15-10-7-8-11-13(12(10)16)18(14(19)17-11)9-5-3-1-2-4-6-9/h7-9H,1-6H2,(H,17,19). The van der Waals surface area contributed by atoms with Gasteiger partial charge in [-0.2, -0.15) is 0 Å². The van der Waals surface area contributed by atoms with Gasteiger partial charge in [-0.1, -0.05) is 25.7 Å². The highest BCUT2D eigenvalue weighted by molar-refractivity contribution is 7.71. The van der Waals surface area contributed by atoms with Gasteiger partial charge < -0.3 is 9.55 Å². The Hall–Kier alpha value is -1.23. The lowest BCUT2D eigenvalue weighted by atomic mass is 10.1. The van der Waals surface area contributed by atoms with Crippen molar-refractivity contribution in [3.63, 3.8) is 0 Å². The molecule has 2 nitrogen and oxygen atoms in total. The maximum absolute atomic E-state index is 14.1. The summed E-state index contributed by atoms with van der Waals surface area (Å²) >= 11 is 5.30. The predicted molar refractivity (Wildman–Crippen MR) is 73.8 cm³/mol. The maximum Gasteiger partial charge on any atom is 0.184 e. The molecule has 0 aliphatic heterocycles. The van der Waals surface area contributed by atoms with Crippen molar-refractivity contribution in [2.75, 3.05) is 0 Å². The van der Waals surface area contributed by atoms with E-state index in [4.69, 9.17) is 12.2 Å². The molecule has 1 heterocycles. The first-order valence-electron chi connectivity index (χ1n) is 6.76. The van der Waals surface area contributed by atoms with Crippen LogP contribution >= 0.6 is 12.2 Å². The van der Waals surface area contributed by atoms with E-state index in [1.165, 1.54) is 12.8 Å². The molecule has 1 fully saturated rings. The van der Waals surface area contributed by atoms with Crippen molar-refractivity contribution in [1.29, 1.82) is 0 Å². The van der Waals surface area contributed by atoms with Crippen molar-refractivity contribution >= 4 is 23.3 Å². The number of aromatic nitrogens is 2. The Morgan fingerprint density at radius 3 is 2.47 bits per heavy atom. The largest absolute Gasteiger partial charge is 0.330 e. The fourth-order valence-corrected chi connectivity index (χ4v) is 3.37. The van der Waals surface area contributed by atoms with Crippen LogP contribution in [0.4, 0.5) is 8.78 Å². The first-order chi connectivity index (χ1) is 9.18. The van der Waals surface area contributed by atoms with Crippen LogP contribution < -0.4 is 0 Å². The number of H-pyrrole nitrogens is 1. The maximum atomic E-state index is 14.1. The first-order valence-corrected chi connectivity index (χ1v) is 7.17. The van der Waals surface area contributed by atoms with Crippen molar-refractivity contribution in [2.45, 2.75) is 44.6 Å². The lowest BCUT2D eigenvalue weighted by molar-refractivity contribution is 0.440. The third kappa shape index (κ3) is 2.20. The Morgan fingerprint density at radius 2 is 1.79 bits per heavy atom. The van der Waals surface area contributed by atoms with E-state index in [1.54, 1.807) is 10.6 Å². The Bertz CT molecular complexity index is 651. The van der Waals surface area contributed by atoms with E-state index in [0.717, 1.165) is 31.7 Å². The average Bonchev–Trinajstić information content (AvgIpc) is 2.59. The molecule has 1 aromatic heterocycles. The van der Waals surface area contributed by atoms with Crippen LogP contribution in [0.5, 0.6) is 0 Å². The minimum Gasteiger partial charge on any atom is -0.330 e. The van der Waals surface area contributed by atoms with Crippen LogP contribution in [-0.2, 0) is 0 Å². The zero-order chi connectivity index (χ0) is 13.4. The lowest BCUT2D eigenvalue weighted by Gasteiger charge is -2.17. The normalized spacial score (nSPS) is 17.8. The fraction of sp³-hybridized carbons (Fsp3) is 0.500. The van der Waals surface area contributed by atoms with E-state index in [-0.39, 0.29) is 11.6 Å². The van der Waals surface area contributed by atoms with Gasteiger partial charge in [-0.15, -0.1) is 0 Å². The number of benzene rings is 1. The van der Waals surface area contributed by atoms with E-state index >= 15 is 0 Å². The molecule has 2 aromatic rings. The van der Waals surface area contributed by atoms with Gasteiger partial charge in [0.2, 0.25) is 0 Å². The number of imidazole rings is 1. The van der Waals surface area contributed by atoms with Crippen molar-refractivity contribution in [3.05, 3.63) is 28.5 Å². The smallest absolute Gasteiger partial charge is 0.184 e. The van der Waals surface area contributed by atoms with Gasteiger partial charge in [0.1, 0.15) is 5.52 Å². The van der Waals surface area contributed by atoms with Crippen LogP contribution in [0, 0.1) is 16.4 Å². The summed E-state index contributed by atoms with van der Waals surface area (Å²) in [5.41, 5.74) is 0.866. The van der Waals surface area contributed by atoms with Gasteiger partial charge in [-0.05, 0) is 37.2 Å². The average molecular weight is 282 g/mol. The molecule has 1 aliphatic carbocycles. The zero-order valence-corrected chi connectivity index (χ0v) is 11.4. The van der Waals surface area contributed by atoms with Crippen LogP contribution in [0.25, 0.3) is 11.0 Å². The summed E-state index contributed by atoms with van der Waals surface area (Å²) in [6, 6.07) is 2.87. The number of nitrogens with one attached hydrogen (secondary N) is 1. The van der Waals surface area contributed by atoms with Gasteiger partial charge in [0.15, 0.2) is 16.4 Å². The van der Waals surface area contributed by atoms with Crippen LogP contribution in [-0.4, -0.2) is 9.55 Å². The second kappa shape index (κ2) is 5.04. The molecule has 3 rings (SSSR count). The Balaban J connectivity index is 2.19. The lowest BCUT2D eigenvalue weighted by Crippen LogP contribution is -2.09. The molecule has 1 saturated carbocycles. The molecule has 5 heteroatoms. The topological polar surface area (TPSA) is 20.7 Å². The van der Waals surface area contributed by atoms with Gasteiger partial charge in [0.25, 0.3) is 0 Å². The first kappa shape index (κ1) is 12.8. The molecule has 19 heavy (non-hydrogen) atoms. The number of halogens is 2. The van der Waals surface area contributed by atoms with Crippen molar-refractivity contribution in [1.82, 2.24) is 9.55 Å². The molecule has 0 unspecified atom stereocenters. The zero-order valence-electron chi connectivity index (χ0n) is 10.6. The Labute approximate surface area is 115 Å². The van der Waals surface area contributed by atoms with Gasteiger partial charge in [0.05, 0.1) is 5.52 Å². The van der Waals surface area contributed by atoms with E-state index in [0.29, 0.717) is 10.3 Å². The molecule has 1 aromatic carbocycles. The third-order valence-electron chi connectivity index (χ3n) is 3.96. The Morgan fingerprint density at radius 1 is 1.11 bits per heavy atom. The Kier molecular flexibility index (Phi) is 3.39. The number of rotatable bonds is 1. The van der Waals surface area contributed by atoms with E-state index in [1.807, 2.05) is 0 Å². The number of hydrogen-bond donors (Lipinski definition) is 1. The highest BCUT2D eigenvalue weighted by atomic mass is 32.1. The molecular weight excluding hydrogens is 266 g/mol.